The van der Waals surface area contributed by atoms with Crippen LogP contribution in [0.5, 0.6) is 0 Å². The summed E-state index contributed by atoms with van der Waals surface area (Å²) in [4.78, 5) is 2.56. The standard InChI is InChI=1S/C14H30N2O2/c1-3-8-16(9-10-18-12-11-17-2)13-14-4-6-15-7-5-14/h14-15H,3-13H2,1-2H3. The first kappa shape index (κ1) is 15.9. The van der Waals surface area contributed by atoms with Gasteiger partial charge in [-0.05, 0) is 44.8 Å². The minimum Gasteiger partial charge on any atom is -0.382 e. The van der Waals surface area contributed by atoms with E-state index in [0.29, 0.717) is 13.2 Å². The van der Waals surface area contributed by atoms with Crippen LogP contribution in [-0.2, 0) is 9.47 Å². The van der Waals surface area contributed by atoms with Crippen molar-refractivity contribution in [2.45, 2.75) is 26.2 Å². The molecule has 0 radical (unpaired) electrons. The number of methoxy groups -OCH3 is 1. The lowest BCUT2D eigenvalue weighted by Crippen LogP contribution is -2.38. The number of rotatable bonds is 10. The van der Waals surface area contributed by atoms with E-state index >= 15 is 0 Å². The smallest absolute Gasteiger partial charge is 0.0700 e. The lowest BCUT2D eigenvalue weighted by Gasteiger charge is -2.29. The highest BCUT2D eigenvalue weighted by Crippen LogP contribution is 2.13. The molecule has 0 saturated carbocycles. The Balaban J connectivity index is 2.12. The van der Waals surface area contributed by atoms with Crippen molar-refractivity contribution in [2.75, 3.05) is 59.7 Å². The second kappa shape index (κ2) is 10.7. The van der Waals surface area contributed by atoms with E-state index in [1.807, 2.05) is 0 Å². The number of ether oxygens (including phenoxy) is 2. The van der Waals surface area contributed by atoms with Gasteiger partial charge in [0.05, 0.1) is 19.8 Å². The average molecular weight is 258 g/mol. The fourth-order valence-electron chi connectivity index (χ4n) is 2.48. The highest BCUT2D eigenvalue weighted by Gasteiger charge is 2.16. The monoisotopic (exact) mass is 258 g/mol. The molecule has 4 nitrogen and oxygen atoms in total. The molecule has 1 heterocycles. The van der Waals surface area contributed by atoms with Gasteiger partial charge in [0.2, 0.25) is 0 Å². The highest BCUT2D eigenvalue weighted by molar-refractivity contribution is 4.72. The van der Waals surface area contributed by atoms with Gasteiger partial charge in [0.1, 0.15) is 0 Å². The van der Waals surface area contributed by atoms with Gasteiger partial charge in [-0.3, -0.25) is 0 Å². The van der Waals surface area contributed by atoms with Crippen LogP contribution in [0.15, 0.2) is 0 Å². The molecule has 0 aromatic rings. The topological polar surface area (TPSA) is 33.7 Å². The molecule has 1 N–H and O–H groups in total. The summed E-state index contributed by atoms with van der Waals surface area (Å²) in [5.41, 5.74) is 0. The van der Waals surface area contributed by atoms with E-state index in [4.69, 9.17) is 9.47 Å². The normalized spacial score (nSPS) is 17.5. The third kappa shape index (κ3) is 7.31. The fourth-order valence-corrected chi connectivity index (χ4v) is 2.48. The molecule has 0 spiro atoms. The molecular weight excluding hydrogens is 228 g/mol. The van der Waals surface area contributed by atoms with Crippen LogP contribution in [-0.4, -0.2) is 64.6 Å². The van der Waals surface area contributed by atoms with Crippen LogP contribution in [0.4, 0.5) is 0 Å². The minimum atomic E-state index is 0.697. The first-order chi connectivity index (χ1) is 8.86. The minimum absolute atomic E-state index is 0.697. The lowest BCUT2D eigenvalue weighted by atomic mass is 9.97. The maximum absolute atomic E-state index is 5.56. The third-order valence-corrected chi connectivity index (χ3v) is 3.50. The Morgan fingerprint density at radius 1 is 1.11 bits per heavy atom. The summed E-state index contributed by atoms with van der Waals surface area (Å²) in [7, 11) is 1.71. The van der Waals surface area contributed by atoms with Gasteiger partial charge >= 0.3 is 0 Å². The van der Waals surface area contributed by atoms with Gasteiger partial charge in [-0.1, -0.05) is 6.92 Å². The van der Waals surface area contributed by atoms with E-state index in [-0.39, 0.29) is 0 Å². The lowest BCUT2D eigenvalue weighted by molar-refractivity contribution is 0.0536. The van der Waals surface area contributed by atoms with Crippen molar-refractivity contribution in [2.24, 2.45) is 5.92 Å². The zero-order valence-electron chi connectivity index (χ0n) is 12.1. The molecule has 0 atom stereocenters. The van der Waals surface area contributed by atoms with Gasteiger partial charge in [-0.15, -0.1) is 0 Å². The van der Waals surface area contributed by atoms with Crippen molar-refractivity contribution >= 4 is 0 Å². The van der Waals surface area contributed by atoms with Crippen LogP contribution in [0.2, 0.25) is 0 Å². The van der Waals surface area contributed by atoms with Gasteiger partial charge in [0, 0.05) is 20.2 Å². The van der Waals surface area contributed by atoms with Crippen molar-refractivity contribution in [3.8, 4) is 0 Å². The summed E-state index contributed by atoms with van der Waals surface area (Å²) in [6.07, 6.45) is 3.87. The number of hydrogen-bond acceptors (Lipinski definition) is 4. The Labute approximate surface area is 112 Å². The van der Waals surface area contributed by atoms with Gasteiger partial charge in [0.15, 0.2) is 0 Å². The second-order valence-electron chi connectivity index (χ2n) is 5.10. The van der Waals surface area contributed by atoms with Crippen molar-refractivity contribution in [3.63, 3.8) is 0 Å². The maximum atomic E-state index is 5.56. The van der Waals surface area contributed by atoms with Gasteiger partial charge in [-0.2, -0.15) is 0 Å². The summed E-state index contributed by atoms with van der Waals surface area (Å²) in [5, 5.41) is 3.43. The van der Waals surface area contributed by atoms with Crippen LogP contribution in [0, 0.1) is 5.92 Å². The molecule has 1 fully saturated rings. The quantitative estimate of drug-likeness (QED) is 0.600. The van der Waals surface area contributed by atoms with Crippen molar-refractivity contribution in [1.29, 1.82) is 0 Å². The molecule has 0 bridgehead atoms. The van der Waals surface area contributed by atoms with E-state index in [2.05, 4.69) is 17.1 Å². The van der Waals surface area contributed by atoms with Gasteiger partial charge < -0.3 is 19.7 Å². The first-order valence-electron chi connectivity index (χ1n) is 7.36. The molecule has 0 unspecified atom stereocenters. The summed E-state index contributed by atoms with van der Waals surface area (Å²) < 4.78 is 10.5. The summed E-state index contributed by atoms with van der Waals surface area (Å²) in [6, 6.07) is 0. The Morgan fingerprint density at radius 3 is 2.56 bits per heavy atom. The molecule has 1 aliphatic heterocycles. The molecule has 108 valence electrons. The number of nitrogens with zero attached hydrogens (tertiary/aromatic N) is 1. The molecular formula is C14H30N2O2. The number of nitrogens with one attached hydrogen (secondary N) is 1. The van der Waals surface area contributed by atoms with Crippen molar-refractivity contribution < 1.29 is 9.47 Å². The molecule has 0 aromatic carbocycles. The Hall–Kier alpha value is -0.160. The van der Waals surface area contributed by atoms with Crippen LogP contribution in [0.25, 0.3) is 0 Å². The van der Waals surface area contributed by atoms with E-state index in [1.165, 1.54) is 45.4 Å². The van der Waals surface area contributed by atoms with Crippen molar-refractivity contribution in [1.82, 2.24) is 10.2 Å². The SMILES string of the molecule is CCCN(CCOCCOC)CC1CCNCC1. The highest BCUT2D eigenvalue weighted by atomic mass is 16.5. The maximum Gasteiger partial charge on any atom is 0.0700 e. The largest absolute Gasteiger partial charge is 0.382 e. The summed E-state index contributed by atoms with van der Waals surface area (Å²) in [6.45, 7) is 10.4. The van der Waals surface area contributed by atoms with E-state index < -0.39 is 0 Å². The predicted molar refractivity (Wildman–Crippen MR) is 75.0 cm³/mol. The first-order valence-corrected chi connectivity index (χ1v) is 7.36. The number of hydrogen-bond donors (Lipinski definition) is 1. The van der Waals surface area contributed by atoms with Crippen LogP contribution in [0.1, 0.15) is 26.2 Å². The van der Waals surface area contributed by atoms with Crippen LogP contribution in [0.3, 0.4) is 0 Å². The molecule has 1 saturated heterocycles. The molecule has 1 rings (SSSR count). The van der Waals surface area contributed by atoms with Crippen molar-refractivity contribution in [3.05, 3.63) is 0 Å². The van der Waals surface area contributed by atoms with E-state index in [0.717, 1.165) is 19.1 Å². The summed E-state index contributed by atoms with van der Waals surface area (Å²) in [5.74, 6) is 0.872. The van der Waals surface area contributed by atoms with E-state index in [9.17, 15) is 0 Å². The molecule has 4 heteroatoms. The Kier molecular flexibility index (Phi) is 9.48. The predicted octanol–water partition coefficient (Wildman–Crippen LogP) is 1.36. The van der Waals surface area contributed by atoms with Gasteiger partial charge in [-0.25, -0.2) is 0 Å². The van der Waals surface area contributed by atoms with Crippen LogP contribution < -0.4 is 5.32 Å². The number of piperidine rings is 1. The third-order valence-electron chi connectivity index (χ3n) is 3.50. The second-order valence-corrected chi connectivity index (χ2v) is 5.10. The molecule has 18 heavy (non-hydrogen) atoms. The zero-order valence-corrected chi connectivity index (χ0v) is 12.1. The molecule has 1 aliphatic rings. The van der Waals surface area contributed by atoms with Crippen LogP contribution >= 0.6 is 0 Å². The fraction of sp³-hybridized carbons (Fsp3) is 1.00. The average Bonchev–Trinajstić information content (AvgIpc) is 2.40. The summed E-state index contributed by atoms with van der Waals surface area (Å²) >= 11 is 0. The molecule has 0 aromatic heterocycles. The van der Waals surface area contributed by atoms with E-state index in [1.54, 1.807) is 7.11 Å². The van der Waals surface area contributed by atoms with Gasteiger partial charge in [0.25, 0.3) is 0 Å². The molecule has 0 amide bonds. The Morgan fingerprint density at radius 2 is 1.89 bits per heavy atom. The molecule has 0 aliphatic carbocycles. The Bertz CT molecular complexity index is 185. The zero-order chi connectivity index (χ0) is 13.1.